The monoisotopic (exact) mass is 317 g/mol. The minimum absolute atomic E-state index is 0.431. The molecule has 7 nitrogen and oxygen atoms in total. The van der Waals surface area contributed by atoms with Crippen LogP contribution in [0.3, 0.4) is 0 Å². The second-order valence-corrected chi connectivity index (χ2v) is 6.35. The van der Waals surface area contributed by atoms with Gasteiger partial charge in [-0.05, 0) is 7.05 Å². The Labute approximate surface area is 133 Å². The van der Waals surface area contributed by atoms with Crippen LogP contribution in [0.25, 0.3) is 0 Å². The summed E-state index contributed by atoms with van der Waals surface area (Å²) in [5.41, 5.74) is 0. The van der Waals surface area contributed by atoms with Crippen molar-refractivity contribution >= 4 is 0 Å². The van der Waals surface area contributed by atoms with Crippen molar-refractivity contribution in [1.29, 1.82) is 0 Å². The molecule has 0 radical (unpaired) electrons. The molecule has 0 unspecified atom stereocenters. The van der Waals surface area contributed by atoms with Crippen LogP contribution in [0, 0.1) is 0 Å². The number of aliphatic hydroxyl groups excluding tert-OH is 2. The Kier molecular flexibility index (Phi) is 8.02. The third-order valence-corrected chi connectivity index (χ3v) is 4.19. The van der Waals surface area contributed by atoms with Crippen molar-refractivity contribution in [3.8, 4) is 0 Å². The van der Waals surface area contributed by atoms with E-state index in [0.717, 1.165) is 26.2 Å². The molecule has 3 aliphatic rings. The van der Waals surface area contributed by atoms with Gasteiger partial charge in [0.15, 0.2) is 0 Å². The number of hydrogen-bond donors (Lipinski definition) is 2. The van der Waals surface area contributed by atoms with Gasteiger partial charge >= 0.3 is 0 Å². The Morgan fingerprint density at radius 1 is 0.682 bits per heavy atom. The van der Waals surface area contributed by atoms with Gasteiger partial charge in [-0.1, -0.05) is 0 Å². The summed E-state index contributed by atoms with van der Waals surface area (Å²) in [5, 5.41) is 20.5. The van der Waals surface area contributed by atoms with Crippen molar-refractivity contribution in [1.82, 2.24) is 14.7 Å². The lowest BCUT2D eigenvalue weighted by Crippen LogP contribution is -2.47. The van der Waals surface area contributed by atoms with E-state index < -0.39 is 12.2 Å². The number of hydrogen-bond acceptors (Lipinski definition) is 7. The summed E-state index contributed by atoms with van der Waals surface area (Å²) in [5.74, 6) is 0. The minimum Gasteiger partial charge on any atom is -0.390 e. The Morgan fingerprint density at radius 3 is 1.41 bits per heavy atom. The first kappa shape index (κ1) is 18.1. The van der Waals surface area contributed by atoms with Gasteiger partial charge in [-0.25, -0.2) is 0 Å². The highest BCUT2D eigenvalue weighted by Crippen LogP contribution is 2.02. The zero-order chi connectivity index (χ0) is 15.8. The third-order valence-electron chi connectivity index (χ3n) is 4.19. The normalized spacial score (nSPS) is 37.8. The zero-order valence-corrected chi connectivity index (χ0v) is 13.7. The molecule has 0 aliphatic carbocycles. The van der Waals surface area contributed by atoms with Crippen LogP contribution < -0.4 is 0 Å². The van der Waals surface area contributed by atoms with Gasteiger partial charge in [0.1, 0.15) is 0 Å². The van der Waals surface area contributed by atoms with Crippen LogP contribution in [0.2, 0.25) is 0 Å². The van der Waals surface area contributed by atoms with E-state index in [1.54, 1.807) is 0 Å². The molecular weight excluding hydrogens is 286 g/mol. The molecule has 0 amide bonds. The first-order chi connectivity index (χ1) is 10.6. The number of ether oxygens (including phenoxy) is 2. The van der Waals surface area contributed by atoms with Crippen LogP contribution in [0.4, 0.5) is 0 Å². The van der Waals surface area contributed by atoms with Gasteiger partial charge in [0, 0.05) is 52.4 Å². The standard InChI is InChI=1S/C15H31N3O4/c1-16-10-14(19)12-17-2-6-21-8-4-18(13-15(20)11-16)5-9-22-7-3-17/h14-15,19-20H,2-13H2,1H3/t14-,15+. The molecule has 3 fully saturated rings. The second kappa shape index (κ2) is 9.77. The van der Waals surface area contributed by atoms with E-state index in [2.05, 4.69) is 9.80 Å². The van der Waals surface area contributed by atoms with Crippen LogP contribution in [0.5, 0.6) is 0 Å². The van der Waals surface area contributed by atoms with Crippen molar-refractivity contribution in [3.63, 3.8) is 0 Å². The molecule has 2 bridgehead atoms. The third kappa shape index (κ3) is 6.87. The molecular formula is C15H31N3O4. The average Bonchev–Trinajstić information content (AvgIpc) is 2.42. The smallest absolute Gasteiger partial charge is 0.0793 e. The molecule has 0 aromatic heterocycles. The predicted octanol–water partition coefficient (Wildman–Crippen LogP) is -1.70. The van der Waals surface area contributed by atoms with Crippen LogP contribution >= 0.6 is 0 Å². The van der Waals surface area contributed by atoms with E-state index >= 15 is 0 Å². The van der Waals surface area contributed by atoms with Crippen molar-refractivity contribution in [2.45, 2.75) is 12.2 Å². The van der Waals surface area contributed by atoms with Gasteiger partial charge in [0.2, 0.25) is 0 Å². The van der Waals surface area contributed by atoms with E-state index in [1.165, 1.54) is 0 Å². The van der Waals surface area contributed by atoms with Gasteiger partial charge in [-0.15, -0.1) is 0 Å². The molecule has 0 spiro atoms. The van der Waals surface area contributed by atoms with E-state index in [0.29, 0.717) is 52.6 Å². The van der Waals surface area contributed by atoms with Crippen molar-refractivity contribution < 1.29 is 19.7 Å². The number of likely N-dealkylation sites (N-methyl/N-ethyl adjacent to an activating group) is 1. The Bertz CT molecular complexity index is 269. The molecule has 130 valence electrons. The summed E-state index contributed by atoms with van der Waals surface area (Å²) >= 11 is 0. The summed E-state index contributed by atoms with van der Waals surface area (Å²) in [4.78, 5) is 6.40. The van der Waals surface area contributed by atoms with Crippen LogP contribution in [-0.4, -0.2) is 123 Å². The van der Waals surface area contributed by atoms with E-state index in [1.807, 2.05) is 11.9 Å². The molecule has 3 saturated heterocycles. The molecule has 2 atom stereocenters. The molecule has 0 saturated carbocycles. The molecule has 7 heteroatoms. The van der Waals surface area contributed by atoms with Gasteiger partial charge in [0.05, 0.1) is 38.6 Å². The molecule has 3 heterocycles. The molecule has 3 rings (SSSR count). The average molecular weight is 317 g/mol. The van der Waals surface area contributed by atoms with Crippen LogP contribution in [0.15, 0.2) is 0 Å². The highest BCUT2D eigenvalue weighted by atomic mass is 16.5. The largest absolute Gasteiger partial charge is 0.390 e. The van der Waals surface area contributed by atoms with Crippen molar-refractivity contribution in [2.24, 2.45) is 0 Å². The topological polar surface area (TPSA) is 68.6 Å². The van der Waals surface area contributed by atoms with Gasteiger partial charge in [-0.3, -0.25) is 9.80 Å². The van der Waals surface area contributed by atoms with Gasteiger partial charge in [-0.2, -0.15) is 0 Å². The summed E-state index contributed by atoms with van der Waals surface area (Å²) in [6, 6.07) is 0. The van der Waals surface area contributed by atoms with Gasteiger partial charge in [0.25, 0.3) is 0 Å². The fourth-order valence-corrected chi connectivity index (χ4v) is 3.07. The minimum atomic E-state index is -0.431. The molecule has 22 heavy (non-hydrogen) atoms. The lowest BCUT2D eigenvalue weighted by atomic mass is 10.2. The number of nitrogens with zero attached hydrogens (tertiary/aromatic N) is 3. The van der Waals surface area contributed by atoms with Gasteiger partial charge < -0.3 is 24.6 Å². The predicted molar refractivity (Wildman–Crippen MR) is 84.0 cm³/mol. The maximum atomic E-state index is 10.3. The molecule has 2 N–H and O–H groups in total. The number of fused-ring (bicyclic) bond motifs is 14. The van der Waals surface area contributed by atoms with Crippen molar-refractivity contribution in [3.05, 3.63) is 0 Å². The number of rotatable bonds is 0. The van der Waals surface area contributed by atoms with Crippen LogP contribution in [0.1, 0.15) is 0 Å². The first-order valence-electron chi connectivity index (χ1n) is 8.28. The lowest BCUT2D eigenvalue weighted by molar-refractivity contribution is -0.00371. The summed E-state index contributed by atoms with van der Waals surface area (Å²) < 4.78 is 11.4. The quantitative estimate of drug-likeness (QED) is 0.552. The maximum Gasteiger partial charge on any atom is 0.0793 e. The molecule has 0 aromatic rings. The number of aliphatic hydroxyl groups is 2. The summed E-state index contributed by atoms with van der Waals surface area (Å²) in [6.07, 6.45) is -0.863. The molecule has 3 aliphatic heterocycles. The summed E-state index contributed by atoms with van der Waals surface area (Å²) in [7, 11) is 1.95. The van der Waals surface area contributed by atoms with E-state index in [9.17, 15) is 10.2 Å². The SMILES string of the molecule is CN1C[C@@H](O)CN2CCOCCN(CCOCC2)C[C@@H](O)C1. The Hall–Kier alpha value is -0.280. The highest BCUT2D eigenvalue weighted by molar-refractivity contribution is 4.73. The van der Waals surface area contributed by atoms with Crippen molar-refractivity contribution in [2.75, 3.05) is 85.8 Å². The second-order valence-electron chi connectivity index (χ2n) is 6.35. The highest BCUT2D eigenvalue weighted by Gasteiger charge is 2.19. The zero-order valence-electron chi connectivity index (χ0n) is 13.7. The van der Waals surface area contributed by atoms with E-state index in [4.69, 9.17) is 9.47 Å². The first-order valence-corrected chi connectivity index (χ1v) is 8.28. The molecule has 0 aromatic carbocycles. The Balaban J connectivity index is 2.04. The maximum absolute atomic E-state index is 10.3. The fourth-order valence-electron chi connectivity index (χ4n) is 3.07. The van der Waals surface area contributed by atoms with E-state index in [-0.39, 0.29) is 0 Å². The van der Waals surface area contributed by atoms with Crippen LogP contribution in [-0.2, 0) is 9.47 Å². The lowest BCUT2D eigenvalue weighted by Gasteiger charge is -2.32. The Morgan fingerprint density at radius 2 is 1.05 bits per heavy atom. The summed E-state index contributed by atoms with van der Waals surface area (Å²) in [6.45, 7) is 8.26. The fraction of sp³-hybridized carbons (Fsp3) is 1.00.